The van der Waals surface area contributed by atoms with E-state index in [4.69, 9.17) is 14.2 Å². The first kappa shape index (κ1) is 26.5. The molecule has 2 aromatic carbocycles. The average molecular weight is 551 g/mol. The topological polar surface area (TPSA) is 73.3 Å². The fraction of sp³-hybridized carbons (Fsp3) is 0.381. The highest BCUT2D eigenvalue weighted by molar-refractivity contribution is 14.0. The number of nitrogens with one attached hydrogen (secondary N) is 2. The Morgan fingerprint density at radius 1 is 0.968 bits per heavy atom. The molecule has 0 bridgehead atoms. The van der Waals surface area contributed by atoms with Crippen LogP contribution in [0.5, 0.6) is 23.0 Å². The Labute approximate surface area is 198 Å². The molecule has 2 N–H and O–H groups in total. The Kier molecular flexibility index (Phi) is 11.8. The van der Waals surface area contributed by atoms with Crippen LogP contribution in [0.4, 0.5) is 8.78 Å². The molecule has 10 heteroatoms. The van der Waals surface area contributed by atoms with E-state index in [2.05, 4.69) is 20.4 Å². The number of guanidine groups is 1. The third kappa shape index (κ3) is 8.27. The van der Waals surface area contributed by atoms with Crippen LogP contribution >= 0.6 is 24.0 Å². The number of ether oxygens (including phenoxy) is 4. The molecule has 0 atom stereocenters. The molecule has 0 saturated carbocycles. The summed E-state index contributed by atoms with van der Waals surface area (Å²) in [5.74, 6) is 2.25. The maximum absolute atomic E-state index is 12.5. The molecule has 0 radical (unpaired) electrons. The number of methoxy groups -OCH3 is 2. The van der Waals surface area contributed by atoms with Crippen molar-refractivity contribution in [1.82, 2.24) is 10.6 Å². The molecule has 2 aromatic rings. The Balaban J connectivity index is 0.00000480. The first-order valence-corrected chi connectivity index (χ1v) is 9.36. The van der Waals surface area contributed by atoms with Crippen molar-refractivity contribution in [3.05, 3.63) is 47.5 Å². The summed E-state index contributed by atoms with van der Waals surface area (Å²) >= 11 is 0. The highest BCUT2D eigenvalue weighted by atomic mass is 127. The average Bonchev–Trinajstić information content (AvgIpc) is 2.75. The number of hydrogen-bond donors (Lipinski definition) is 2. The van der Waals surface area contributed by atoms with Crippen molar-refractivity contribution in [2.75, 3.05) is 27.9 Å². The molecule has 0 aliphatic rings. The van der Waals surface area contributed by atoms with Gasteiger partial charge in [0.2, 0.25) is 0 Å². The molecule has 0 fully saturated rings. The zero-order valence-corrected chi connectivity index (χ0v) is 20.2. The summed E-state index contributed by atoms with van der Waals surface area (Å²) in [6, 6.07) is 10.4. The minimum atomic E-state index is -2.91. The van der Waals surface area contributed by atoms with Crippen molar-refractivity contribution in [2.24, 2.45) is 4.99 Å². The van der Waals surface area contributed by atoms with Crippen LogP contribution in [0.3, 0.4) is 0 Å². The monoisotopic (exact) mass is 551 g/mol. The van der Waals surface area contributed by atoms with E-state index in [1.165, 1.54) is 6.07 Å². The predicted molar refractivity (Wildman–Crippen MR) is 126 cm³/mol. The van der Waals surface area contributed by atoms with E-state index in [0.29, 0.717) is 37.2 Å². The summed E-state index contributed by atoms with van der Waals surface area (Å²) in [5, 5.41) is 6.38. The third-order valence-corrected chi connectivity index (χ3v) is 4.15. The smallest absolute Gasteiger partial charge is 0.387 e. The summed E-state index contributed by atoms with van der Waals surface area (Å²) in [4.78, 5) is 4.20. The molecule has 0 unspecified atom stereocenters. The fourth-order valence-corrected chi connectivity index (χ4v) is 2.71. The van der Waals surface area contributed by atoms with Crippen LogP contribution in [0.15, 0.2) is 41.4 Å². The van der Waals surface area contributed by atoms with Crippen LogP contribution in [-0.4, -0.2) is 40.4 Å². The van der Waals surface area contributed by atoms with Crippen molar-refractivity contribution in [2.45, 2.75) is 26.6 Å². The van der Waals surface area contributed by atoms with E-state index >= 15 is 0 Å². The van der Waals surface area contributed by atoms with Crippen LogP contribution in [0.1, 0.15) is 18.1 Å². The van der Waals surface area contributed by atoms with Crippen molar-refractivity contribution in [3.8, 4) is 23.0 Å². The standard InChI is InChI=1S/C21H27F2N3O4.HI/c1-5-29-19-10-14(6-9-17(19)30-20(22)23)12-25-21(24-2)26-13-15-7-8-16(27-3)11-18(15)28-4;/h6-11,20H,5,12-13H2,1-4H3,(H2,24,25,26);1H. The lowest BCUT2D eigenvalue weighted by Gasteiger charge is -2.16. The minimum absolute atomic E-state index is 0. The maximum Gasteiger partial charge on any atom is 0.387 e. The van der Waals surface area contributed by atoms with Gasteiger partial charge in [-0.25, -0.2) is 0 Å². The molecule has 0 aliphatic heterocycles. The molecular weight excluding hydrogens is 523 g/mol. The normalized spacial score (nSPS) is 10.9. The van der Waals surface area contributed by atoms with Crippen LogP contribution in [0.25, 0.3) is 0 Å². The summed E-state index contributed by atoms with van der Waals surface area (Å²) in [6.07, 6.45) is 0. The number of benzene rings is 2. The Bertz CT molecular complexity index is 853. The second-order valence-corrected chi connectivity index (χ2v) is 6.05. The molecule has 0 heterocycles. The van der Waals surface area contributed by atoms with Gasteiger partial charge in [0.25, 0.3) is 0 Å². The molecule has 0 spiro atoms. The van der Waals surface area contributed by atoms with Crippen molar-refractivity contribution in [1.29, 1.82) is 0 Å². The second-order valence-electron chi connectivity index (χ2n) is 6.05. The van der Waals surface area contributed by atoms with Gasteiger partial charge >= 0.3 is 6.61 Å². The van der Waals surface area contributed by atoms with Gasteiger partial charge in [-0.05, 0) is 36.8 Å². The van der Waals surface area contributed by atoms with E-state index < -0.39 is 6.61 Å². The zero-order valence-electron chi connectivity index (χ0n) is 17.9. The van der Waals surface area contributed by atoms with E-state index in [9.17, 15) is 8.78 Å². The first-order valence-electron chi connectivity index (χ1n) is 9.36. The fourth-order valence-electron chi connectivity index (χ4n) is 2.71. The van der Waals surface area contributed by atoms with Crippen molar-refractivity contribution >= 4 is 29.9 Å². The summed E-state index contributed by atoms with van der Waals surface area (Å²) in [5.41, 5.74) is 1.76. The Morgan fingerprint density at radius 3 is 2.32 bits per heavy atom. The van der Waals surface area contributed by atoms with Gasteiger partial charge in [0.05, 0.1) is 20.8 Å². The van der Waals surface area contributed by atoms with Crippen molar-refractivity contribution < 1.29 is 27.7 Å². The lowest BCUT2D eigenvalue weighted by molar-refractivity contribution is -0.0514. The van der Waals surface area contributed by atoms with Gasteiger partial charge in [0, 0.05) is 31.8 Å². The zero-order chi connectivity index (χ0) is 21.9. The maximum atomic E-state index is 12.5. The van der Waals surface area contributed by atoms with Gasteiger partial charge in [-0.3, -0.25) is 4.99 Å². The largest absolute Gasteiger partial charge is 0.497 e. The molecule has 2 rings (SSSR count). The molecule has 0 aliphatic carbocycles. The second kappa shape index (κ2) is 13.7. The molecule has 0 saturated heterocycles. The summed E-state index contributed by atoms with van der Waals surface area (Å²) < 4.78 is 45.6. The Morgan fingerprint density at radius 2 is 1.71 bits per heavy atom. The van der Waals surface area contributed by atoms with Crippen LogP contribution in [-0.2, 0) is 13.1 Å². The highest BCUT2D eigenvalue weighted by Crippen LogP contribution is 2.30. The third-order valence-electron chi connectivity index (χ3n) is 4.15. The lowest BCUT2D eigenvalue weighted by atomic mass is 10.2. The molecule has 31 heavy (non-hydrogen) atoms. The SMILES string of the molecule is CCOc1cc(CNC(=NC)NCc2ccc(OC)cc2OC)ccc1OC(F)F.I. The van der Waals surface area contributed by atoms with Crippen LogP contribution < -0.4 is 29.6 Å². The van der Waals surface area contributed by atoms with Gasteiger partial charge in [0.1, 0.15) is 11.5 Å². The van der Waals surface area contributed by atoms with Gasteiger partial charge in [-0.15, -0.1) is 24.0 Å². The number of aliphatic imine (C=N–C) groups is 1. The lowest BCUT2D eigenvalue weighted by Crippen LogP contribution is -2.36. The summed E-state index contributed by atoms with van der Waals surface area (Å²) in [7, 11) is 4.86. The first-order chi connectivity index (χ1) is 14.5. The molecular formula is C21H28F2IN3O4. The molecule has 0 aromatic heterocycles. The molecule has 0 amide bonds. The van der Waals surface area contributed by atoms with Crippen LogP contribution in [0, 0.1) is 0 Å². The van der Waals surface area contributed by atoms with Crippen LogP contribution in [0.2, 0.25) is 0 Å². The Hall–Kier alpha value is -2.50. The van der Waals surface area contributed by atoms with Gasteiger partial charge < -0.3 is 29.6 Å². The van der Waals surface area contributed by atoms with Gasteiger partial charge in [0.15, 0.2) is 17.5 Å². The minimum Gasteiger partial charge on any atom is -0.497 e. The van der Waals surface area contributed by atoms with Gasteiger partial charge in [-0.2, -0.15) is 8.78 Å². The predicted octanol–water partition coefficient (Wildman–Crippen LogP) is 4.19. The number of halogens is 3. The van der Waals surface area contributed by atoms with Gasteiger partial charge in [-0.1, -0.05) is 6.07 Å². The number of rotatable bonds is 10. The van der Waals surface area contributed by atoms with Crippen molar-refractivity contribution in [3.63, 3.8) is 0 Å². The number of alkyl halides is 2. The van der Waals surface area contributed by atoms with E-state index in [1.807, 2.05) is 18.2 Å². The molecule has 7 nitrogen and oxygen atoms in total. The van der Waals surface area contributed by atoms with E-state index in [0.717, 1.165) is 11.1 Å². The number of hydrogen-bond acceptors (Lipinski definition) is 5. The molecule has 172 valence electrons. The van der Waals surface area contributed by atoms with E-state index in [1.54, 1.807) is 40.3 Å². The number of nitrogens with zero attached hydrogens (tertiary/aromatic N) is 1. The highest BCUT2D eigenvalue weighted by Gasteiger charge is 2.12. The summed E-state index contributed by atoms with van der Waals surface area (Å²) in [6.45, 7) is 0.0953. The van der Waals surface area contributed by atoms with E-state index in [-0.39, 0.29) is 35.5 Å². The quantitative estimate of drug-likeness (QED) is 0.262.